The Bertz CT molecular complexity index is 937. The van der Waals surface area contributed by atoms with Crippen LogP contribution in [0.3, 0.4) is 0 Å². The van der Waals surface area contributed by atoms with Crippen molar-refractivity contribution in [2.75, 3.05) is 6.54 Å². The molecule has 2 aromatic heterocycles. The number of benzene rings is 1. The summed E-state index contributed by atoms with van der Waals surface area (Å²) < 4.78 is 1.91. The first-order valence-electron chi connectivity index (χ1n) is 9.88. The lowest BCUT2D eigenvalue weighted by Gasteiger charge is -2.24. The van der Waals surface area contributed by atoms with Gasteiger partial charge in [-0.05, 0) is 38.2 Å². The van der Waals surface area contributed by atoms with E-state index in [0.717, 1.165) is 49.6 Å². The van der Waals surface area contributed by atoms with Crippen molar-refractivity contribution >= 4 is 5.91 Å². The summed E-state index contributed by atoms with van der Waals surface area (Å²) in [5.41, 5.74) is 2.14. The predicted octanol–water partition coefficient (Wildman–Crippen LogP) is 3.66. The number of hydrogen-bond donors (Lipinski definition) is 0. The molecule has 0 saturated carbocycles. The van der Waals surface area contributed by atoms with Gasteiger partial charge in [-0.2, -0.15) is 0 Å². The number of hydrogen-bond acceptors (Lipinski definition) is 4. The molecule has 4 rings (SSSR count). The summed E-state index contributed by atoms with van der Waals surface area (Å²) in [7, 11) is 0. The second kappa shape index (κ2) is 8.33. The zero-order chi connectivity index (χ0) is 19.3. The molecule has 144 valence electrons. The molecule has 1 saturated heterocycles. The smallest absolute Gasteiger partial charge is 0.223 e. The first-order valence-corrected chi connectivity index (χ1v) is 9.88. The molecule has 1 aromatic carbocycles. The van der Waals surface area contributed by atoms with Gasteiger partial charge in [0.15, 0.2) is 5.82 Å². The fourth-order valence-electron chi connectivity index (χ4n) is 3.87. The van der Waals surface area contributed by atoms with E-state index < -0.39 is 0 Å². The summed E-state index contributed by atoms with van der Waals surface area (Å²) in [6.45, 7) is 2.73. The van der Waals surface area contributed by atoms with Gasteiger partial charge in [-0.1, -0.05) is 30.3 Å². The lowest BCUT2D eigenvalue weighted by Crippen LogP contribution is -2.31. The first kappa shape index (κ1) is 18.3. The second-order valence-corrected chi connectivity index (χ2v) is 7.23. The van der Waals surface area contributed by atoms with Crippen molar-refractivity contribution < 1.29 is 4.79 Å². The van der Waals surface area contributed by atoms with Gasteiger partial charge in [-0.15, -0.1) is 0 Å². The monoisotopic (exact) mass is 375 g/mol. The van der Waals surface area contributed by atoms with Gasteiger partial charge < -0.3 is 4.90 Å². The van der Waals surface area contributed by atoms with Crippen LogP contribution in [0.4, 0.5) is 0 Å². The van der Waals surface area contributed by atoms with E-state index in [1.807, 2.05) is 40.8 Å². The highest BCUT2D eigenvalue weighted by molar-refractivity contribution is 5.77. The van der Waals surface area contributed by atoms with Crippen LogP contribution in [-0.2, 0) is 11.2 Å². The van der Waals surface area contributed by atoms with E-state index in [2.05, 4.69) is 22.1 Å². The first-order chi connectivity index (χ1) is 13.7. The molecule has 1 atom stereocenters. The number of amides is 1. The lowest BCUT2D eigenvalue weighted by atomic mass is 10.1. The standard InChI is InChI=1S/C22H25N5O/c1-17-24-12-14-26(17)21-16-23-15-19(25-21)20-10-6-13-27(20)22(28)11-5-9-18-7-3-2-4-8-18/h2-4,7-8,12,14-16,20H,5-6,9-11,13H2,1H3/t20-/m0/s1. The Morgan fingerprint density at radius 3 is 2.86 bits per heavy atom. The largest absolute Gasteiger partial charge is 0.334 e. The Hall–Kier alpha value is -3.02. The third-order valence-corrected chi connectivity index (χ3v) is 5.33. The molecule has 0 spiro atoms. The topological polar surface area (TPSA) is 63.9 Å². The third kappa shape index (κ3) is 3.96. The Balaban J connectivity index is 1.43. The lowest BCUT2D eigenvalue weighted by molar-refractivity contribution is -0.132. The number of nitrogens with zero attached hydrogens (tertiary/aromatic N) is 5. The van der Waals surface area contributed by atoms with E-state index in [1.165, 1.54) is 5.56 Å². The van der Waals surface area contributed by atoms with Crippen molar-refractivity contribution in [1.82, 2.24) is 24.4 Å². The molecule has 0 N–H and O–H groups in total. The number of carbonyl (C=O) groups is 1. The Morgan fingerprint density at radius 1 is 1.21 bits per heavy atom. The zero-order valence-electron chi connectivity index (χ0n) is 16.2. The van der Waals surface area contributed by atoms with Crippen LogP contribution in [0.1, 0.15) is 48.8 Å². The molecule has 1 aliphatic heterocycles. The fourth-order valence-corrected chi connectivity index (χ4v) is 3.87. The summed E-state index contributed by atoms with van der Waals surface area (Å²) in [5, 5.41) is 0. The number of rotatable bonds is 6. The van der Waals surface area contributed by atoms with E-state index in [1.54, 1.807) is 18.6 Å². The number of aryl methyl sites for hydroxylation is 2. The average molecular weight is 375 g/mol. The number of imidazole rings is 1. The quantitative estimate of drug-likeness (QED) is 0.660. The minimum atomic E-state index is 0.0144. The molecule has 3 aromatic rings. The van der Waals surface area contributed by atoms with Gasteiger partial charge in [0.2, 0.25) is 5.91 Å². The normalized spacial score (nSPS) is 16.5. The average Bonchev–Trinajstić information content (AvgIpc) is 3.38. The van der Waals surface area contributed by atoms with Gasteiger partial charge in [0, 0.05) is 25.4 Å². The maximum Gasteiger partial charge on any atom is 0.223 e. The molecular formula is C22H25N5O. The Labute approximate surface area is 165 Å². The van der Waals surface area contributed by atoms with Crippen LogP contribution in [0.15, 0.2) is 55.1 Å². The van der Waals surface area contributed by atoms with E-state index in [4.69, 9.17) is 4.98 Å². The van der Waals surface area contributed by atoms with Gasteiger partial charge in [0.05, 0.1) is 24.1 Å². The van der Waals surface area contributed by atoms with Crippen LogP contribution in [0.25, 0.3) is 5.82 Å². The maximum atomic E-state index is 12.8. The van der Waals surface area contributed by atoms with Crippen LogP contribution in [-0.4, -0.2) is 36.9 Å². The van der Waals surface area contributed by atoms with Gasteiger partial charge in [-0.25, -0.2) is 9.97 Å². The minimum absolute atomic E-state index is 0.0144. The predicted molar refractivity (Wildman–Crippen MR) is 107 cm³/mol. The van der Waals surface area contributed by atoms with Crippen molar-refractivity contribution in [2.45, 2.75) is 45.1 Å². The van der Waals surface area contributed by atoms with Gasteiger partial charge in [0.25, 0.3) is 0 Å². The highest BCUT2D eigenvalue weighted by Gasteiger charge is 2.31. The Morgan fingerprint density at radius 2 is 2.07 bits per heavy atom. The molecular weight excluding hydrogens is 350 g/mol. The van der Waals surface area contributed by atoms with Gasteiger partial charge >= 0.3 is 0 Å². The van der Waals surface area contributed by atoms with Crippen LogP contribution >= 0.6 is 0 Å². The van der Waals surface area contributed by atoms with E-state index in [0.29, 0.717) is 6.42 Å². The van der Waals surface area contributed by atoms with Crippen LogP contribution in [0, 0.1) is 6.92 Å². The molecule has 1 amide bonds. The minimum Gasteiger partial charge on any atom is -0.334 e. The van der Waals surface area contributed by atoms with Crippen LogP contribution < -0.4 is 0 Å². The second-order valence-electron chi connectivity index (χ2n) is 7.23. The summed E-state index contributed by atoms with van der Waals surface area (Å²) in [6, 6.07) is 10.3. The molecule has 3 heterocycles. The van der Waals surface area contributed by atoms with Crippen molar-refractivity contribution in [3.05, 3.63) is 72.2 Å². The maximum absolute atomic E-state index is 12.8. The van der Waals surface area contributed by atoms with Crippen LogP contribution in [0.5, 0.6) is 0 Å². The summed E-state index contributed by atoms with van der Waals surface area (Å²) in [6.07, 6.45) is 11.5. The van der Waals surface area contributed by atoms with Crippen LogP contribution in [0.2, 0.25) is 0 Å². The number of carbonyl (C=O) groups excluding carboxylic acids is 1. The number of aromatic nitrogens is 4. The molecule has 0 aliphatic carbocycles. The highest BCUT2D eigenvalue weighted by atomic mass is 16.2. The van der Waals surface area contributed by atoms with Crippen molar-refractivity contribution in [3.63, 3.8) is 0 Å². The van der Waals surface area contributed by atoms with Gasteiger partial charge in [-0.3, -0.25) is 14.3 Å². The van der Waals surface area contributed by atoms with E-state index >= 15 is 0 Å². The SMILES string of the molecule is Cc1nccn1-c1cncc([C@@H]2CCCN2C(=O)CCCc2ccccc2)n1. The Kier molecular flexibility index (Phi) is 5.46. The van der Waals surface area contributed by atoms with Crippen molar-refractivity contribution in [1.29, 1.82) is 0 Å². The molecule has 1 fully saturated rings. The molecule has 0 unspecified atom stereocenters. The third-order valence-electron chi connectivity index (χ3n) is 5.33. The van der Waals surface area contributed by atoms with E-state index in [-0.39, 0.29) is 11.9 Å². The zero-order valence-corrected chi connectivity index (χ0v) is 16.2. The molecule has 1 aliphatic rings. The molecule has 0 radical (unpaired) electrons. The van der Waals surface area contributed by atoms with Crippen molar-refractivity contribution in [2.24, 2.45) is 0 Å². The van der Waals surface area contributed by atoms with Gasteiger partial charge in [0.1, 0.15) is 5.82 Å². The van der Waals surface area contributed by atoms with E-state index in [9.17, 15) is 4.79 Å². The molecule has 0 bridgehead atoms. The highest BCUT2D eigenvalue weighted by Crippen LogP contribution is 2.31. The summed E-state index contributed by atoms with van der Waals surface area (Å²) in [4.78, 5) is 28.2. The number of likely N-dealkylation sites (tertiary alicyclic amines) is 1. The molecule has 6 heteroatoms. The fraction of sp³-hybridized carbons (Fsp3) is 0.364. The summed E-state index contributed by atoms with van der Waals surface area (Å²) in [5.74, 6) is 1.83. The summed E-state index contributed by atoms with van der Waals surface area (Å²) >= 11 is 0. The molecule has 28 heavy (non-hydrogen) atoms. The molecule has 6 nitrogen and oxygen atoms in total. The van der Waals surface area contributed by atoms with Crippen molar-refractivity contribution in [3.8, 4) is 5.82 Å².